The van der Waals surface area contributed by atoms with Crippen molar-refractivity contribution in [2.45, 2.75) is 27.7 Å². The molecule has 2 aromatic carbocycles. The van der Waals surface area contributed by atoms with Crippen LogP contribution < -0.4 is 15.4 Å². The smallest absolute Gasteiger partial charge is 0.323 e. The van der Waals surface area contributed by atoms with Crippen LogP contribution in [0.3, 0.4) is 0 Å². The average Bonchev–Trinajstić information content (AvgIpc) is 3.14. The Morgan fingerprint density at radius 2 is 1.56 bits per heavy atom. The van der Waals surface area contributed by atoms with Crippen LogP contribution >= 0.6 is 0 Å². The van der Waals surface area contributed by atoms with E-state index in [1.54, 1.807) is 36.5 Å². The van der Waals surface area contributed by atoms with Gasteiger partial charge in [0, 0.05) is 29.8 Å². The number of hydrogen-bond donors (Lipinski definition) is 2. The van der Waals surface area contributed by atoms with Crippen LogP contribution in [0.25, 0.3) is 5.82 Å². The van der Waals surface area contributed by atoms with Crippen molar-refractivity contribution in [3.8, 4) is 17.4 Å². The van der Waals surface area contributed by atoms with E-state index < -0.39 is 0 Å². The lowest BCUT2D eigenvalue weighted by atomic mass is 10.1. The highest BCUT2D eigenvalue weighted by Gasteiger charge is 2.09. The summed E-state index contributed by atoms with van der Waals surface area (Å²) in [6.45, 7) is 7.70. The Bertz CT molecular complexity index is 1240. The SMILES string of the molecule is Cc1cc(C)cc(NC(=O)Nc2ccc(Oc3cc(-n4ccnc4C)nc(C)n3)cc2)c1. The van der Waals surface area contributed by atoms with E-state index in [1.165, 1.54) is 0 Å². The third kappa shape index (κ3) is 5.10. The van der Waals surface area contributed by atoms with Crippen molar-refractivity contribution in [2.75, 3.05) is 10.6 Å². The molecule has 4 rings (SSSR count). The zero-order valence-corrected chi connectivity index (χ0v) is 18.4. The quantitative estimate of drug-likeness (QED) is 0.448. The second-order valence-corrected chi connectivity index (χ2v) is 7.54. The third-order valence-electron chi connectivity index (χ3n) is 4.69. The Morgan fingerprint density at radius 1 is 0.875 bits per heavy atom. The highest BCUT2D eigenvalue weighted by Crippen LogP contribution is 2.24. The summed E-state index contributed by atoms with van der Waals surface area (Å²) in [6.07, 6.45) is 3.56. The first-order valence-electron chi connectivity index (χ1n) is 10.2. The second-order valence-electron chi connectivity index (χ2n) is 7.54. The molecule has 0 atom stereocenters. The van der Waals surface area contributed by atoms with Gasteiger partial charge in [0.15, 0.2) is 0 Å². The molecule has 4 aromatic rings. The van der Waals surface area contributed by atoms with E-state index in [0.29, 0.717) is 29.0 Å². The monoisotopic (exact) mass is 428 g/mol. The van der Waals surface area contributed by atoms with E-state index in [9.17, 15) is 4.79 Å². The fraction of sp³-hybridized carbons (Fsp3) is 0.167. The zero-order valence-electron chi connectivity index (χ0n) is 18.4. The molecule has 0 bridgehead atoms. The minimum atomic E-state index is -0.310. The molecular weight excluding hydrogens is 404 g/mol. The molecule has 0 fully saturated rings. The molecule has 0 saturated heterocycles. The Labute approximate surface area is 186 Å². The summed E-state index contributed by atoms with van der Waals surface area (Å²) >= 11 is 0. The molecule has 32 heavy (non-hydrogen) atoms. The largest absolute Gasteiger partial charge is 0.439 e. The number of rotatable bonds is 5. The molecule has 0 saturated carbocycles. The Morgan fingerprint density at radius 3 is 2.22 bits per heavy atom. The molecule has 0 radical (unpaired) electrons. The standard InChI is InChI=1S/C24H24N6O2/c1-15-11-16(2)13-20(12-15)29-24(31)28-19-5-7-21(8-6-19)32-23-14-22(26-17(3)27-23)30-10-9-25-18(30)4/h5-14H,1-4H3,(H2,28,29,31). The van der Waals surface area contributed by atoms with Crippen LogP contribution in [0.5, 0.6) is 11.6 Å². The third-order valence-corrected chi connectivity index (χ3v) is 4.69. The predicted octanol–water partition coefficient (Wildman–Crippen LogP) is 5.33. The van der Waals surface area contributed by atoms with E-state index >= 15 is 0 Å². The molecule has 8 nitrogen and oxygen atoms in total. The fourth-order valence-electron chi connectivity index (χ4n) is 3.39. The molecule has 162 valence electrons. The lowest BCUT2D eigenvalue weighted by Crippen LogP contribution is -2.19. The average molecular weight is 428 g/mol. The van der Waals surface area contributed by atoms with Gasteiger partial charge in [-0.25, -0.2) is 14.8 Å². The summed E-state index contributed by atoms with van der Waals surface area (Å²) in [7, 11) is 0. The number of nitrogens with zero attached hydrogens (tertiary/aromatic N) is 4. The van der Waals surface area contributed by atoms with Crippen molar-refractivity contribution in [1.29, 1.82) is 0 Å². The Kier molecular flexibility index (Phi) is 5.85. The van der Waals surface area contributed by atoms with Crippen LogP contribution in [0.4, 0.5) is 16.2 Å². The van der Waals surface area contributed by atoms with Gasteiger partial charge in [-0.3, -0.25) is 4.57 Å². The molecular formula is C24H24N6O2. The van der Waals surface area contributed by atoms with Crippen molar-refractivity contribution < 1.29 is 9.53 Å². The molecule has 8 heteroatoms. The van der Waals surface area contributed by atoms with Gasteiger partial charge < -0.3 is 15.4 Å². The van der Waals surface area contributed by atoms with Gasteiger partial charge in [-0.2, -0.15) is 4.98 Å². The van der Waals surface area contributed by atoms with Crippen molar-refractivity contribution in [2.24, 2.45) is 0 Å². The summed E-state index contributed by atoms with van der Waals surface area (Å²) in [5.74, 6) is 3.12. The number of nitrogens with one attached hydrogen (secondary N) is 2. The molecule has 0 aliphatic carbocycles. The van der Waals surface area contributed by atoms with Crippen LogP contribution in [0.2, 0.25) is 0 Å². The highest BCUT2D eigenvalue weighted by molar-refractivity contribution is 5.99. The van der Waals surface area contributed by atoms with E-state index in [-0.39, 0.29) is 6.03 Å². The number of benzene rings is 2. The molecule has 2 aromatic heterocycles. The van der Waals surface area contributed by atoms with Gasteiger partial charge in [0.1, 0.15) is 23.2 Å². The highest BCUT2D eigenvalue weighted by atomic mass is 16.5. The number of ether oxygens (including phenoxy) is 1. The molecule has 0 aliphatic rings. The van der Waals surface area contributed by atoms with Gasteiger partial charge in [0.2, 0.25) is 5.88 Å². The number of aryl methyl sites for hydroxylation is 4. The van der Waals surface area contributed by atoms with E-state index in [4.69, 9.17) is 4.74 Å². The zero-order chi connectivity index (χ0) is 22.7. The maximum atomic E-state index is 12.3. The van der Waals surface area contributed by atoms with Crippen molar-refractivity contribution >= 4 is 17.4 Å². The van der Waals surface area contributed by atoms with Gasteiger partial charge in [-0.05, 0) is 75.2 Å². The summed E-state index contributed by atoms with van der Waals surface area (Å²) in [5.41, 5.74) is 3.58. The Balaban J connectivity index is 1.42. The lowest BCUT2D eigenvalue weighted by molar-refractivity contribution is 0.262. The van der Waals surface area contributed by atoms with Crippen LogP contribution in [-0.4, -0.2) is 25.6 Å². The van der Waals surface area contributed by atoms with Gasteiger partial charge in [0.25, 0.3) is 0 Å². The summed E-state index contributed by atoms with van der Waals surface area (Å²) in [5, 5.41) is 5.67. The first-order valence-corrected chi connectivity index (χ1v) is 10.2. The molecule has 0 unspecified atom stereocenters. The molecule has 0 aliphatic heterocycles. The van der Waals surface area contributed by atoms with Gasteiger partial charge in [0.05, 0.1) is 0 Å². The van der Waals surface area contributed by atoms with Crippen LogP contribution in [0.1, 0.15) is 22.8 Å². The van der Waals surface area contributed by atoms with Crippen LogP contribution in [0, 0.1) is 27.7 Å². The summed E-state index contributed by atoms with van der Waals surface area (Å²) in [4.78, 5) is 25.3. The number of imidazole rings is 1. The number of aromatic nitrogens is 4. The fourth-order valence-corrected chi connectivity index (χ4v) is 3.39. The number of urea groups is 1. The number of carbonyl (C=O) groups excluding carboxylic acids is 1. The number of amides is 2. The van der Waals surface area contributed by atoms with Crippen molar-refractivity contribution in [3.63, 3.8) is 0 Å². The second kappa shape index (κ2) is 8.89. The summed E-state index contributed by atoms with van der Waals surface area (Å²) in [6, 6.07) is 14.4. The van der Waals surface area contributed by atoms with Gasteiger partial charge >= 0.3 is 6.03 Å². The van der Waals surface area contributed by atoms with Crippen LogP contribution in [-0.2, 0) is 0 Å². The van der Waals surface area contributed by atoms with Crippen molar-refractivity contribution in [3.05, 3.63) is 83.7 Å². The molecule has 2 heterocycles. The maximum Gasteiger partial charge on any atom is 0.323 e. The number of anilines is 2. The van der Waals surface area contributed by atoms with Gasteiger partial charge in [-0.15, -0.1) is 0 Å². The minimum absolute atomic E-state index is 0.310. The van der Waals surface area contributed by atoms with E-state index in [1.807, 2.05) is 50.6 Å². The normalized spacial score (nSPS) is 10.6. The van der Waals surface area contributed by atoms with Crippen molar-refractivity contribution in [1.82, 2.24) is 19.5 Å². The molecule has 0 spiro atoms. The molecule has 2 N–H and O–H groups in total. The van der Waals surface area contributed by atoms with E-state index in [2.05, 4.69) is 31.7 Å². The lowest BCUT2D eigenvalue weighted by Gasteiger charge is -2.11. The maximum absolute atomic E-state index is 12.3. The predicted molar refractivity (Wildman–Crippen MR) is 124 cm³/mol. The van der Waals surface area contributed by atoms with Gasteiger partial charge in [-0.1, -0.05) is 6.07 Å². The first-order chi connectivity index (χ1) is 15.4. The minimum Gasteiger partial charge on any atom is -0.439 e. The van der Waals surface area contributed by atoms with Crippen LogP contribution in [0.15, 0.2) is 60.9 Å². The van der Waals surface area contributed by atoms with E-state index in [0.717, 1.165) is 22.6 Å². The summed E-state index contributed by atoms with van der Waals surface area (Å²) < 4.78 is 7.77. The number of carbonyl (C=O) groups is 1. The topological polar surface area (TPSA) is 94.0 Å². The number of hydrogen-bond acceptors (Lipinski definition) is 5. The Hall–Kier alpha value is -4.20. The molecule has 2 amide bonds. The first kappa shape index (κ1) is 21.0.